The van der Waals surface area contributed by atoms with Gasteiger partial charge in [-0.1, -0.05) is 31.2 Å². The van der Waals surface area contributed by atoms with E-state index < -0.39 is 5.97 Å². The summed E-state index contributed by atoms with van der Waals surface area (Å²) in [6, 6.07) is 0. The monoisotopic (exact) mass is 154 g/mol. The normalized spacial score (nSPS) is 14.2. The van der Waals surface area contributed by atoms with Gasteiger partial charge in [0.25, 0.3) is 0 Å². The van der Waals surface area contributed by atoms with E-state index in [0.717, 1.165) is 5.57 Å². The molecule has 0 aromatic heterocycles. The lowest BCUT2D eigenvalue weighted by molar-refractivity contribution is -0.137. The highest BCUT2D eigenvalue weighted by Crippen LogP contribution is 2.13. The first kappa shape index (κ1) is 9.95. The Bertz CT molecular complexity index is 180. The highest BCUT2D eigenvalue weighted by molar-refractivity contribution is 5.67. The first-order valence-corrected chi connectivity index (χ1v) is 3.59. The summed E-state index contributed by atoms with van der Waals surface area (Å²) in [6.45, 7) is 7.34. The summed E-state index contributed by atoms with van der Waals surface area (Å²) in [5, 5.41) is 8.45. The second kappa shape index (κ2) is 4.72. The maximum Gasteiger partial charge on any atom is 0.303 e. The molecule has 0 amide bonds. The third kappa shape index (κ3) is 4.37. The Kier molecular flexibility index (Phi) is 4.27. The van der Waals surface area contributed by atoms with E-state index in [1.165, 1.54) is 0 Å². The molecule has 0 aliphatic rings. The first-order valence-electron chi connectivity index (χ1n) is 3.59. The topological polar surface area (TPSA) is 37.3 Å². The highest BCUT2D eigenvalue weighted by Gasteiger charge is 2.07. The predicted molar refractivity (Wildman–Crippen MR) is 45.4 cm³/mol. The molecular formula is C9H14O2. The van der Waals surface area contributed by atoms with Gasteiger partial charge in [-0.2, -0.15) is 0 Å². The fourth-order valence-corrected chi connectivity index (χ4v) is 0.773. The quantitative estimate of drug-likeness (QED) is 0.630. The van der Waals surface area contributed by atoms with Gasteiger partial charge in [-0.05, 0) is 12.8 Å². The van der Waals surface area contributed by atoms with Gasteiger partial charge in [0.2, 0.25) is 0 Å². The minimum atomic E-state index is -0.755. The molecule has 0 spiro atoms. The van der Waals surface area contributed by atoms with Crippen LogP contribution in [0.4, 0.5) is 0 Å². The Labute approximate surface area is 67.2 Å². The van der Waals surface area contributed by atoms with Crippen molar-refractivity contribution in [1.29, 1.82) is 0 Å². The molecule has 0 radical (unpaired) electrons. The van der Waals surface area contributed by atoms with E-state index in [0.29, 0.717) is 0 Å². The van der Waals surface area contributed by atoms with Crippen LogP contribution in [0.15, 0.2) is 24.3 Å². The molecule has 0 saturated carbocycles. The van der Waals surface area contributed by atoms with Crippen LogP contribution in [0.2, 0.25) is 0 Å². The lowest BCUT2D eigenvalue weighted by atomic mass is 9.99. The number of hydrogen-bond acceptors (Lipinski definition) is 1. The average molecular weight is 154 g/mol. The zero-order valence-corrected chi connectivity index (χ0v) is 7.00. The van der Waals surface area contributed by atoms with Crippen molar-refractivity contribution >= 4 is 5.97 Å². The van der Waals surface area contributed by atoms with Crippen molar-refractivity contribution in [1.82, 2.24) is 0 Å². The van der Waals surface area contributed by atoms with Crippen LogP contribution in [-0.2, 0) is 4.79 Å². The number of rotatable bonds is 4. The summed E-state index contributed by atoms with van der Waals surface area (Å²) in [5.41, 5.74) is 1.06. The Hall–Kier alpha value is -1.05. The van der Waals surface area contributed by atoms with Crippen LogP contribution in [0.25, 0.3) is 0 Å². The minimum Gasteiger partial charge on any atom is -0.481 e. The lowest BCUT2D eigenvalue weighted by Crippen LogP contribution is -2.04. The van der Waals surface area contributed by atoms with E-state index in [2.05, 4.69) is 6.58 Å². The van der Waals surface area contributed by atoms with Gasteiger partial charge >= 0.3 is 5.97 Å². The standard InChI is InChI=1S/C9H14O2/c1-4-5-7(2)8(3)6-9(10)11/h4-5,8H,1,6H2,2-3H3,(H,10,11)/b7-5+/t8-/m1/s1. The fourth-order valence-electron chi connectivity index (χ4n) is 0.773. The molecule has 0 saturated heterocycles. The molecule has 0 aliphatic carbocycles. The molecule has 0 aromatic rings. The molecule has 0 aliphatic heterocycles. The van der Waals surface area contributed by atoms with E-state index in [4.69, 9.17) is 5.11 Å². The number of carboxylic acid groups (broad SMARTS) is 1. The smallest absolute Gasteiger partial charge is 0.303 e. The molecule has 0 aromatic carbocycles. The Morgan fingerprint density at radius 2 is 2.27 bits per heavy atom. The van der Waals surface area contributed by atoms with Crippen molar-refractivity contribution in [3.63, 3.8) is 0 Å². The highest BCUT2D eigenvalue weighted by atomic mass is 16.4. The summed E-state index contributed by atoms with van der Waals surface area (Å²) in [4.78, 5) is 10.3. The second-order valence-corrected chi connectivity index (χ2v) is 2.65. The number of carbonyl (C=O) groups is 1. The average Bonchev–Trinajstić information content (AvgIpc) is 1.86. The van der Waals surface area contributed by atoms with Crippen LogP contribution >= 0.6 is 0 Å². The van der Waals surface area contributed by atoms with Gasteiger partial charge in [0.05, 0.1) is 6.42 Å². The zero-order chi connectivity index (χ0) is 8.85. The second-order valence-electron chi connectivity index (χ2n) is 2.65. The van der Waals surface area contributed by atoms with Gasteiger partial charge in [0.15, 0.2) is 0 Å². The van der Waals surface area contributed by atoms with Gasteiger partial charge < -0.3 is 5.11 Å². The van der Waals surface area contributed by atoms with Crippen LogP contribution in [-0.4, -0.2) is 11.1 Å². The van der Waals surface area contributed by atoms with Crippen molar-refractivity contribution in [3.8, 4) is 0 Å². The van der Waals surface area contributed by atoms with Crippen molar-refractivity contribution < 1.29 is 9.90 Å². The molecule has 62 valence electrons. The van der Waals surface area contributed by atoms with E-state index in [-0.39, 0.29) is 12.3 Å². The molecular weight excluding hydrogens is 140 g/mol. The van der Waals surface area contributed by atoms with Crippen LogP contribution in [0.1, 0.15) is 20.3 Å². The third-order valence-electron chi connectivity index (χ3n) is 1.64. The third-order valence-corrected chi connectivity index (χ3v) is 1.64. The predicted octanol–water partition coefficient (Wildman–Crippen LogP) is 2.23. The molecule has 1 atom stereocenters. The van der Waals surface area contributed by atoms with E-state index in [1.54, 1.807) is 6.08 Å². The first-order chi connectivity index (χ1) is 5.07. The molecule has 11 heavy (non-hydrogen) atoms. The van der Waals surface area contributed by atoms with Crippen LogP contribution in [0.5, 0.6) is 0 Å². The summed E-state index contributed by atoms with van der Waals surface area (Å²) in [6.07, 6.45) is 3.71. The van der Waals surface area contributed by atoms with Crippen molar-refractivity contribution in [2.45, 2.75) is 20.3 Å². The van der Waals surface area contributed by atoms with Crippen LogP contribution in [0.3, 0.4) is 0 Å². The van der Waals surface area contributed by atoms with Crippen molar-refractivity contribution in [3.05, 3.63) is 24.3 Å². The van der Waals surface area contributed by atoms with E-state index in [1.807, 2.05) is 19.9 Å². The number of carboxylic acids is 1. The lowest BCUT2D eigenvalue weighted by Gasteiger charge is -2.07. The van der Waals surface area contributed by atoms with E-state index >= 15 is 0 Å². The van der Waals surface area contributed by atoms with Gasteiger partial charge in [0, 0.05) is 0 Å². The molecule has 0 unspecified atom stereocenters. The Morgan fingerprint density at radius 1 is 1.73 bits per heavy atom. The maximum absolute atomic E-state index is 10.3. The van der Waals surface area contributed by atoms with Gasteiger partial charge in [-0.25, -0.2) is 0 Å². The molecule has 1 N–H and O–H groups in total. The summed E-state index contributed by atoms with van der Waals surface area (Å²) in [5.74, 6) is -0.653. The van der Waals surface area contributed by atoms with Crippen LogP contribution < -0.4 is 0 Å². The summed E-state index contributed by atoms with van der Waals surface area (Å²) in [7, 11) is 0. The zero-order valence-electron chi connectivity index (χ0n) is 7.00. The van der Waals surface area contributed by atoms with Gasteiger partial charge in [-0.3, -0.25) is 4.79 Å². The minimum absolute atomic E-state index is 0.102. The molecule has 0 heterocycles. The number of hydrogen-bond donors (Lipinski definition) is 1. The van der Waals surface area contributed by atoms with E-state index in [9.17, 15) is 4.79 Å². The largest absolute Gasteiger partial charge is 0.481 e. The van der Waals surface area contributed by atoms with Crippen molar-refractivity contribution in [2.75, 3.05) is 0 Å². The Balaban J connectivity index is 4.02. The molecule has 0 rings (SSSR count). The molecule has 0 fully saturated rings. The van der Waals surface area contributed by atoms with Crippen molar-refractivity contribution in [2.24, 2.45) is 5.92 Å². The number of allylic oxidation sites excluding steroid dienone is 3. The molecule has 2 heteroatoms. The summed E-state index contributed by atoms with van der Waals surface area (Å²) >= 11 is 0. The SMILES string of the molecule is C=C/C=C(\C)[C@H](C)CC(=O)O. The number of aliphatic carboxylic acids is 1. The van der Waals surface area contributed by atoms with Gasteiger partial charge in [-0.15, -0.1) is 0 Å². The Morgan fingerprint density at radius 3 is 2.64 bits per heavy atom. The van der Waals surface area contributed by atoms with Gasteiger partial charge in [0.1, 0.15) is 0 Å². The summed E-state index contributed by atoms with van der Waals surface area (Å²) < 4.78 is 0. The van der Waals surface area contributed by atoms with Crippen LogP contribution in [0, 0.1) is 5.92 Å². The maximum atomic E-state index is 10.3. The molecule has 2 nitrogen and oxygen atoms in total. The fraction of sp³-hybridized carbons (Fsp3) is 0.444. The molecule has 0 bridgehead atoms.